The Morgan fingerprint density at radius 1 is 0.941 bits per heavy atom. The molecule has 0 fully saturated rings. The summed E-state index contributed by atoms with van der Waals surface area (Å²) >= 11 is 0. The van der Waals surface area contributed by atoms with Crippen LogP contribution in [-0.2, 0) is 19.1 Å². The molecule has 0 saturated carbocycles. The quantitative estimate of drug-likeness (QED) is 0.439. The minimum absolute atomic E-state index is 0.00749. The molecule has 2 unspecified atom stereocenters. The van der Waals surface area contributed by atoms with Crippen molar-refractivity contribution >= 4 is 18.0 Å². The molecule has 2 aromatic rings. The van der Waals surface area contributed by atoms with E-state index < -0.39 is 24.1 Å². The molecule has 2 aromatic carbocycles. The molecular weight excluding hydrogens is 436 g/mol. The maximum atomic E-state index is 12.4. The van der Waals surface area contributed by atoms with Crippen molar-refractivity contribution in [3.05, 3.63) is 59.7 Å². The molecule has 3 N–H and O–H groups in total. The standard InChI is InChI=1S/C26H32N2O6/c1-3-17(25(30)31)14-27-24(29)13-18(33-4-2)15-28-26(32)34-16-23-21-11-7-5-9-19(21)20-10-6-8-12-22(20)23/h5-12,17-18,23H,3-4,13-16H2,1-2H3,(H,27,29)(H,28,32)(H,30,31). The van der Waals surface area contributed by atoms with Gasteiger partial charge in [-0.2, -0.15) is 0 Å². The predicted octanol–water partition coefficient (Wildman–Crippen LogP) is 3.55. The summed E-state index contributed by atoms with van der Waals surface area (Å²) in [4.78, 5) is 35.7. The Morgan fingerprint density at radius 3 is 2.12 bits per heavy atom. The van der Waals surface area contributed by atoms with Crippen molar-refractivity contribution in [1.29, 1.82) is 0 Å². The highest BCUT2D eigenvalue weighted by Crippen LogP contribution is 2.44. The number of carboxylic acids is 1. The minimum atomic E-state index is -0.943. The topological polar surface area (TPSA) is 114 Å². The number of amides is 2. The highest BCUT2D eigenvalue weighted by Gasteiger charge is 2.29. The van der Waals surface area contributed by atoms with Gasteiger partial charge in [-0.25, -0.2) is 4.79 Å². The zero-order valence-corrected chi connectivity index (χ0v) is 19.6. The van der Waals surface area contributed by atoms with Gasteiger partial charge in [-0.1, -0.05) is 55.5 Å². The third-order valence-electron chi connectivity index (χ3n) is 6.02. The lowest BCUT2D eigenvalue weighted by atomic mass is 9.98. The van der Waals surface area contributed by atoms with Crippen LogP contribution in [-0.4, -0.2) is 55.5 Å². The van der Waals surface area contributed by atoms with E-state index in [1.807, 2.05) is 24.3 Å². The summed E-state index contributed by atoms with van der Waals surface area (Å²) in [6, 6.07) is 16.2. The molecule has 2 atom stereocenters. The summed E-state index contributed by atoms with van der Waals surface area (Å²) < 4.78 is 11.1. The summed E-state index contributed by atoms with van der Waals surface area (Å²) in [5.74, 6) is -1.94. The van der Waals surface area contributed by atoms with Gasteiger partial charge in [0.1, 0.15) is 6.61 Å². The highest BCUT2D eigenvalue weighted by molar-refractivity contribution is 5.79. The number of hydrogen-bond acceptors (Lipinski definition) is 5. The number of carbonyl (C=O) groups is 3. The first kappa shape index (κ1) is 25.2. The fraction of sp³-hybridized carbons (Fsp3) is 0.423. The van der Waals surface area contributed by atoms with Crippen LogP contribution in [0, 0.1) is 5.92 Å². The Labute approximate surface area is 199 Å². The largest absolute Gasteiger partial charge is 0.481 e. The number of carbonyl (C=O) groups excluding carboxylic acids is 2. The van der Waals surface area contributed by atoms with Gasteiger partial charge < -0.3 is 25.2 Å². The van der Waals surface area contributed by atoms with Gasteiger partial charge in [0.05, 0.1) is 18.4 Å². The summed E-state index contributed by atoms with van der Waals surface area (Å²) in [7, 11) is 0. The van der Waals surface area contributed by atoms with E-state index in [0.29, 0.717) is 13.0 Å². The molecule has 3 rings (SSSR count). The number of fused-ring (bicyclic) bond motifs is 3. The Balaban J connectivity index is 1.49. The van der Waals surface area contributed by atoms with Crippen LogP contribution in [0.5, 0.6) is 0 Å². The number of carboxylic acid groups (broad SMARTS) is 1. The van der Waals surface area contributed by atoms with Crippen molar-refractivity contribution in [3.63, 3.8) is 0 Å². The molecule has 2 amide bonds. The molecule has 8 heteroatoms. The molecule has 0 aliphatic heterocycles. The SMILES string of the molecule is CCOC(CNC(=O)OCC1c2ccccc2-c2ccccc21)CC(=O)NCC(CC)C(=O)O. The van der Waals surface area contributed by atoms with E-state index in [-0.39, 0.29) is 37.9 Å². The molecule has 34 heavy (non-hydrogen) atoms. The van der Waals surface area contributed by atoms with Gasteiger partial charge in [-0.3, -0.25) is 9.59 Å². The number of ether oxygens (including phenoxy) is 2. The van der Waals surface area contributed by atoms with Gasteiger partial charge in [0.15, 0.2) is 0 Å². The lowest BCUT2D eigenvalue weighted by Crippen LogP contribution is -2.39. The first-order valence-corrected chi connectivity index (χ1v) is 11.6. The molecular formula is C26H32N2O6. The zero-order chi connectivity index (χ0) is 24.5. The second-order valence-electron chi connectivity index (χ2n) is 8.24. The lowest BCUT2D eigenvalue weighted by molar-refractivity contribution is -0.141. The number of rotatable bonds is 12. The number of aliphatic carboxylic acids is 1. The Bertz CT molecular complexity index is 963. The van der Waals surface area contributed by atoms with Crippen LogP contribution in [0.25, 0.3) is 11.1 Å². The summed E-state index contributed by atoms with van der Waals surface area (Å²) in [5, 5.41) is 14.4. The van der Waals surface area contributed by atoms with Gasteiger partial charge in [0.25, 0.3) is 0 Å². The molecule has 1 aliphatic carbocycles. The van der Waals surface area contributed by atoms with Crippen LogP contribution in [0.2, 0.25) is 0 Å². The molecule has 0 spiro atoms. The van der Waals surface area contributed by atoms with E-state index in [1.165, 1.54) is 0 Å². The van der Waals surface area contributed by atoms with E-state index in [1.54, 1.807) is 13.8 Å². The van der Waals surface area contributed by atoms with Crippen molar-refractivity contribution in [2.45, 2.75) is 38.7 Å². The number of hydrogen-bond donors (Lipinski definition) is 3. The second kappa shape index (κ2) is 12.2. The maximum absolute atomic E-state index is 12.4. The van der Waals surface area contributed by atoms with Crippen molar-refractivity contribution < 1.29 is 29.0 Å². The lowest BCUT2D eigenvalue weighted by Gasteiger charge is -2.19. The van der Waals surface area contributed by atoms with Crippen LogP contribution in [0.3, 0.4) is 0 Å². The van der Waals surface area contributed by atoms with Crippen molar-refractivity contribution in [3.8, 4) is 11.1 Å². The maximum Gasteiger partial charge on any atom is 0.407 e. The van der Waals surface area contributed by atoms with Gasteiger partial charge in [0.2, 0.25) is 5.91 Å². The third-order valence-corrected chi connectivity index (χ3v) is 6.02. The first-order chi connectivity index (χ1) is 16.4. The molecule has 0 bridgehead atoms. The van der Waals surface area contributed by atoms with E-state index in [9.17, 15) is 14.4 Å². The molecule has 1 aliphatic rings. The van der Waals surface area contributed by atoms with Crippen LogP contribution in [0.15, 0.2) is 48.5 Å². The Kier molecular flexibility index (Phi) is 9.04. The Hall–Kier alpha value is -3.39. The average molecular weight is 469 g/mol. The van der Waals surface area contributed by atoms with Crippen molar-refractivity contribution in [2.75, 3.05) is 26.3 Å². The fourth-order valence-corrected chi connectivity index (χ4v) is 4.19. The average Bonchev–Trinajstić information content (AvgIpc) is 3.15. The molecule has 0 heterocycles. The van der Waals surface area contributed by atoms with Crippen LogP contribution < -0.4 is 10.6 Å². The molecule has 0 aromatic heterocycles. The zero-order valence-electron chi connectivity index (χ0n) is 19.6. The second-order valence-corrected chi connectivity index (χ2v) is 8.24. The number of alkyl carbamates (subject to hydrolysis) is 1. The molecule has 0 saturated heterocycles. The minimum Gasteiger partial charge on any atom is -0.481 e. The highest BCUT2D eigenvalue weighted by atomic mass is 16.5. The van der Waals surface area contributed by atoms with Crippen LogP contribution in [0.4, 0.5) is 4.79 Å². The first-order valence-electron chi connectivity index (χ1n) is 11.6. The monoisotopic (exact) mass is 468 g/mol. The predicted molar refractivity (Wildman–Crippen MR) is 128 cm³/mol. The fourth-order valence-electron chi connectivity index (χ4n) is 4.19. The van der Waals surface area contributed by atoms with Crippen molar-refractivity contribution in [2.24, 2.45) is 5.92 Å². The van der Waals surface area contributed by atoms with Gasteiger partial charge in [-0.15, -0.1) is 0 Å². The van der Waals surface area contributed by atoms with Crippen LogP contribution >= 0.6 is 0 Å². The number of benzene rings is 2. The van der Waals surface area contributed by atoms with Crippen molar-refractivity contribution in [1.82, 2.24) is 10.6 Å². The third kappa shape index (κ3) is 6.35. The van der Waals surface area contributed by atoms with E-state index in [4.69, 9.17) is 14.6 Å². The molecule has 182 valence electrons. The molecule has 8 nitrogen and oxygen atoms in total. The van der Waals surface area contributed by atoms with Gasteiger partial charge in [0, 0.05) is 25.6 Å². The Morgan fingerprint density at radius 2 is 1.56 bits per heavy atom. The normalized spacial score (nSPS) is 13.9. The van der Waals surface area contributed by atoms with Gasteiger partial charge >= 0.3 is 12.1 Å². The summed E-state index contributed by atoms with van der Waals surface area (Å²) in [6.07, 6.45) is -0.694. The summed E-state index contributed by atoms with van der Waals surface area (Å²) in [5.41, 5.74) is 4.57. The smallest absolute Gasteiger partial charge is 0.407 e. The van der Waals surface area contributed by atoms with Gasteiger partial charge in [-0.05, 0) is 35.6 Å². The van der Waals surface area contributed by atoms with Crippen LogP contribution in [0.1, 0.15) is 43.7 Å². The van der Waals surface area contributed by atoms with E-state index >= 15 is 0 Å². The van der Waals surface area contributed by atoms with E-state index in [0.717, 1.165) is 22.3 Å². The van der Waals surface area contributed by atoms with E-state index in [2.05, 4.69) is 34.9 Å². The summed E-state index contributed by atoms with van der Waals surface area (Å²) in [6.45, 7) is 4.30. The molecule has 0 radical (unpaired) electrons. The number of nitrogens with one attached hydrogen (secondary N) is 2.